The van der Waals surface area contributed by atoms with E-state index in [1.54, 1.807) is 13.0 Å². The molecule has 10 heteroatoms. The molecule has 1 heterocycles. The predicted molar refractivity (Wildman–Crippen MR) is 102 cm³/mol. The Morgan fingerprint density at radius 2 is 1.83 bits per heavy atom. The van der Waals surface area contributed by atoms with Crippen molar-refractivity contribution in [1.82, 2.24) is 9.55 Å². The molecule has 0 unspecified atom stereocenters. The normalized spacial score (nSPS) is 10.9. The zero-order chi connectivity index (χ0) is 21.8. The van der Waals surface area contributed by atoms with Gasteiger partial charge < -0.3 is 19.4 Å². The van der Waals surface area contributed by atoms with Gasteiger partial charge >= 0.3 is 12.2 Å². The number of hydrogen-bond donors (Lipinski definition) is 1. The van der Waals surface area contributed by atoms with Gasteiger partial charge in [-0.15, -0.1) is 0 Å². The molecule has 0 saturated heterocycles. The molecule has 30 heavy (non-hydrogen) atoms. The van der Waals surface area contributed by atoms with Gasteiger partial charge in [-0.2, -0.15) is 13.8 Å². The number of halogens is 4. The number of alkyl halides is 2. The van der Waals surface area contributed by atoms with Crippen LogP contribution < -0.4 is 20.3 Å². The molecule has 158 valence electrons. The Morgan fingerprint density at radius 3 is 2.47 bits per heavy atom. The first kappa shape index (κ1) is 21.2. The topological polar surface area (TPSA) is 65.4 Å². The monoisotopic (exact) mass is 423 g/mol. The molecule has 3 rings (SSSR count). The van der Waals surface area contributed by atoms with Crippen molar-refractivity contribution in [1.29, 1.82) is 0 Å². The molecule has 3 aromatic rings. The van der Waals surface area contributed by atoms with E-state index in [-0.39, 0.29) is 29.6 Å². The summed E-state index contributed by atoms with van der Waals surface area (Å²) in [6, 6.07) is 7.26. The Balaban J connectivity index is 2.02. The van der Waals surface area contributed by atoms with Gasteiger partial charge in [-0.3, -0.25) is 4.79 Å². The molecule has 0 bridgehead atoms. The Labute approximate surface area is 168 Å². The van der Waals surface area contributed by atoms with Crippen molar-refractivity contribution >= 4 is 11.6 Å². The molecule has 0 spiro atoms. The third-order valence-electron chi connectivity index (χ3n) is 4.14. The highest BCUT2D eigenvalue weighted by Gasteiger charge is 2.13. The third-order valence-corrected chi connectivity index (χ3v) is 4.14. The number of aryl methyl sites for hydroxylation is 1. The number of ether oxygens (including phenoxy) is 2. The molecule has 2 aromatic carbocycles. The molecule has 1 aromatic heterocycles. The van der Waals surface area contributed by atoms with Crippen molar-refractivity contribution in [2.24, 2.45) is 0 Å². The highest BCUT2D eigenvalue weighted by atomic mass is 19.3. The SMILES string of the molecule is COc1cn(Cc2cc(F)cc(F)c2)c(Nc2cc(OC(F)F)ccc2C)nc1=O. The van der Waals surface area contributed by atoms with Gasteiger partial charge in [-0.25, -0.2) is 8.78 Å². The summed E-state index contributed by atoms with van der Waals surface area (Å²) in [4.78, 5) is 16.0. The second-order valence-corrected chi connectivity index (χ2v) is 6.32. The summed E-state index contributed by atoms with van der Waals surface area (Å²) >= 11 is 0. The maximum atomic E-state index is 13.6. The molecule has 0 aliphatic carbocycles. The number of methoxy groups -OCH3 is 1. The van der Waals surface area contributed by atoms with Gasteiger partial charge in [0.15, 0.2) is 0 Å². The Morgan fingerprint density at radius 1 is 1.13 bits per heavy atom. The van der Waals surface area contributed by atoms with Crippen molar-refractivity contribution in [2.75, 3.05) is 12.4 Å². The predicted octanol–water partition coefficient (Wildman–Crippen LogP) is 4.23. The number of hydrogen-bond acceptors (Lipinski definition) is 5. The summed E-state index contributed by atoms with van der Waals surface area (Å²) in [5.74, 6) is -1.67. The second-order valence-electron chi connectivity index (χ2n) is 6.32. The van der Waals surface area contributed by atoms with Crippen LogP contribution in [-0.4, -0.2) is 23.3 Å². The highest BCUT2D eigenvalue weighted by molar-refractivity contribution is 5.61. The van der Waals surface area contributed by atoms with E-state index >= 15 is 0 Å². The van der Waals surface area contributed by atoms with Gasteiger partial charge in [0.2, 0.25) is 11.7 Å². The average Bonchev–Trinajstić information content (AvgIpc) is 2.65. The lowest BCUT2D eigenvalue weighted by molar-refractivity contribution is -0.0498. The van der Waals surface area contributed by atoms with Crippen LogP contribution in [0.3, 0.4) is 0 Å². The fourth-order valence-electron chi connectivity index (χ4n) is 2.77. The Bertz CT molecular complexity index is 1100. The standard InChI is InChI=1S/C20H17F4N3O3/c1-11-3-4-15(30-19(23)24)8-16(11)25-20-26-18(28)17(29-2)10-27(20)9-12-5-13(21)7-14(22)6-12/h3-8,10,19H,9H2,1-2H3,(H,25,26,28). The minimum atomic E-state index is -3.00. The quantitative estimate of drug-likeness (QED) is 0.576. The van der Waals surface area contributed by atoms with E-state index in [1.165, 1.54) is 30.0 Å². The van der Waals surface area contributed by atoms with Gasteiger partial charge in [-0.05, 0) is 36.2 Å². The van der Waals surface area contributed by atoms with Gasteiger partial charge in [0.1, 0.15) is 17.4 Å². The number of nitrogens with zero attached hydrogens (tertiary/aromatic N) is 2. The van der Waals surface area contributed by atoms with E-state index in [0.29, 0.717) is 11.3 Å². The summed E-state index contributed by atoms with van der Waals surface area (Å²) in [5, 5.41) is 2.88. The molecule has 0 aliphatic rings. The molecular weight excluding hydrogens is 406 g/mol. The van der Waals surface area contributed by atoms with Crippen LogP contribution in [0, 0.1) is 18.6 Å². The fraction of sp³-hybridized carbons (Fsp3) is 0.200. The fourth-order valence-corrected chi connectivity index (χ4v) is 2.77. The summed E-state index contributed by atoms with van der Waals surface area (Å²) in [7, 11) is 1.28. The molecule has 0 radical (unpaired) electrons. The van der Waals surface area contributed by atoms with E-state index < -0.39 is 23.8 Å². The van der Waals surface area contributed by atoms with Crippen LogP contribution in [0.1, 0.15) is 11.1 Å². The average molecular weight is 423 g/mol. The van der Waals surface area contributed by atoms with E-state index in [0.717, 1.165) is 18.2 Å². The smallest absolute Gasteiger partial charge is 0.387 e. The van der Waals surface area contributed by atoms with E-state index in [1.807, 2.05) is 0 Å². The molecule has 0 aliphatic heterocycles. The second kappa shape index (κ2) is 8.85. The molecular formula is C20H17F4N3O3. The summed E-state index contributed by atoms with van der Waals surface area (Å²) < 4.78 is 62.9. The van der Waals surface area contributed by atoms with Crippen LogP contribution in [0.2, 0.25) is 0 Å². The first-order chi connectivity index (χ1) is 14.2. The minimum absolute atomic E-state index is 0.0165. The van der Waals surface area contributed by atoms with Gasteiger partial charge in [-0.1, -0.05) is 6.07 Å². The lowest BCUT2D eigenvalue weighted by atomic mass is 10.2. The van der Waals surface area contributed by atoms with Crippen LogP contribution >= 0.6 is 0 Å². The molecule has 1 N–H and O–H groups in total. The van der Waals surface area contributed by atoms with Crippen LogP contribution in [0.25, 0.3) is 0 Å². The minimum Gasteiger partial charge on any atom is -0.490 e. The van der Waals surface area contributed by atoms with Crippen molar-refractivity contribution in [3.05, 3.63) is 75.7 Å². The van der Waals surface area contributed by atoms with Crippen molar-refractivity contribution in [3.8, 4) is 11.5 Å². The van der Waals surface area contributed by atoms with Crippen LogP contribution in [0.5, 0.6) is 11.5 Å². The zero-order valence-corrected chi connectivity index (χ0v) is 16.0. The van der Waals surface area contributed by atoms with Crippen molar-refractivity contribution in [2.45, 2.75) is 20.1 Å². The molecule has 0 amide bonds. The largest absolute Gasteiger partial charge is 0.490 e. The third kappa shape index (κ3) is 5.07. The van der Waals surface area contributed by atoms with Gasteiger partial charge in [0.05, 0.1) is 19.9 Å². The molecule has 6 nitrogen and oxygen atoms in total. The van der Waals surface area contributed by atoms with Crippen LogP contribution in [0.15, 0.2) is 47.4 Å². The molecule has 0 fully saturated rings. The van der Waals surface area contributed by atoms with Gasteiger partial charge in [0.25, 0.3) is 0 Å². The molecule has 0 atom stereocenters. The number of nitrogens with one attached hydrogen (secondary N) is 1. The summed E-state index contributed by atoms with van der Waals surface area (Å²) in [6.07, 6.45) is 1.33. The molecule has 0 saturated carbocycles. The summed E-state index contributed by atoms with van der Waals surface area (Å²) in [6.45, 7) is -1.34. The maximum Gasteiger partial charge on any atom is 0.387 e. The number of benzene rings is 2. The highest BCUT2D eigenvalue weighted by Crippen LogP contribution is 2.26. The lowest BCUT2D eigenvalue weighted by Gasteiger charge is -2.17. The van der Waals surface area contributed by atoms with Gasteiger partial charge in [0, 0.05) is 17.8 Å². The maximum absolute atomic E-state index is 13.6. The summed E-state index contributed by atoms with van der Waals surface area (Å²) in [5.41, 5.74) is 0.600. The van der Waals surface area contributed by atoms with E-state index in [4.69, 9.17) is 4.74 Å². The lowest BCUT2D eigenvalue weighted by Crippen LogP contribution is -2.19. The van der Waals surface area contributed by atoms with Crippen LogP contribution in [-0.2, 0) is 6.54 Å². The first-order valence-electron chi connectivity index (χ1n) is 8.68. The zero-order valence-electron chi connectivity index (χ0n) is 16.0. The Kier molecular flexibility index (Phi) is 6.24. The Hall–Kier alpha value is -3.56. The van der Waals surface area contributed by atoms with Crippen molar-refractivity contribution < 1.29 is 27.0 Å². The number of rotatable bonds is 7. The van der Waals surface area contributed by atoms with E-state index in [2.05, 4.69) is 15.0 Å². The number of anilines is 2. The number of aromatic nitrogens is 2. The van der Waals surface area contributed by atoms with Crippen molar-refractivity contribution in [3.63, 3.8) is 0 Å². The van der Waals surface area contributed by atoms with Crippen LogP contribution in [0.4, 0.5) is 29.2 Å². The van der Waals surface area contributed by atoms with E-state index in [9.17, 15) is 22.4 Å². The first-order valence-corrected chi connectivity index (χ1v) is 8.68.